The molecule has 5 nitrogen and oxygen atoms in total. The molecule has 1 aromatic heterocycles. The standard InChI is InChI=1S/C15H25N3O2/c1-4-17-14-11-16-7-5-13(14)15(19)18-8-10-20-9-6-12(2)3/h5,7,11-12,17H,4,6,8-10H2,1-3H3,(H,18,19). The van der Waals surface area contributed by atoms with E-state index in [1.165, 1.54) is 0 Å². The molecule has 112 valence electrons. The highest BCUT2D eigenvalue weighted by Crippen LogP contribution is 2.12. The van der Waals surface area contributed by atoms with Gasteiger partial charge in [0.15, 0.2) is 0 Å². The molecule has 5 heteroatoms. The van der Waals surface area contributed by atoms with Crippen molar-refractivity contribution in [3.8, 4) is 0 Å². The number of amides is 1. The van der Waals surface area contributed by atoms with E-state index in [-0.39, 0.29) is 5.91 Å². The van der Waals surface area contributed by atoms with Crippen molar-refractivity contribution < 1.29 is 9.53 Å². The van der Waals surface area contributed by atoms with Crippen LogP contribution in [0.4, 0.5) is 5.69 Å². The van der Waals surface area contributed by atoms with E-state index in [0.29, 0.717) is 24.6 Å². The maximum atomic E-state index is 12.0. The van der Waals surface area contributed by atoms with Crippen LogP contribution in [0.15, 0.2) is 18.5 Å². The highest BCUT2D eigenvalue weighted by atomic mass is 16.5. The summed E-state index contributed by atoms with van der Waals surface area (Å²) in [4.78, 5) is 16.1. The summed E-state index contributed by atoms with van der Waals surface area (Å²) in [5.41, 5.74) is 1.37. The van der Waals surface area contributed by atoms with Gasteiger partial charge in [0, 0.05) is 25.9 Å². The second-order valence-electron chi connectivity index (χ2n) is 5.00. The number of aromatic nitrogens is 1. The van der Waals surface area contributed by atoms with Crippen LogP contribution in [0.2, 0.25) is 0 Å². The summed E-state index contributed by atoms with van der Waals surface area (Å²) in [6, 6.07) is 1.72. The predicted molar refractivity (Wildman–Crippen MR) is 81.0 cm³/mol. The Bertz CT molecular complexity index is 408. The molecule has 0 atom stereocenters. The maximum Gasteiger partial charge on any atom is 0.253 e. The fourth-order valence-electron chi connectivity index (χ4n) is 1.68. The monoisotopic (exact) mass is 279 g/mol. The van der Waals surface area contributed by atoms with Crippen molar-refractivity contribution in [3.05, 3.63) is 24.0 Å². The minimum Gasteiger partial charge on any atom is -0.383 e. The van der Waals surface area contributed by atoms with Crippen molar-refractivity contribution in [1.29, 1.82) is 0 Å². The lowest BCUT2D eigenvalue weighted by molar-refractivity contribution is 0.0906. The Labute approximate surface area is 121 Å². The van der Waals surface area contributed by atoms with Gasteiger partial charge >= 0.3 is 0 Å². The summed E-state index contributed by atoms with van der Waals surface area (Å²) >= 11 is 0. The molecule has 0 spiro atoms. The van der Waals surface area contributed by atoms with Gasteiger partial charge in [-0.15, -0.1) is 0 Å². The van der Waals surface area contributed by atoms with Crippen molar-refractivity contribution in [3.63, 3.8) is 0 Å². The average molecular weight is 279 g/mol. The third kappa shape index (κ3) is 6.02. The number of hydrogen-bond acceptors (Lipinski definition) is 4. The van der Waals surface area contributed by atoms with Crippen LogP contribution in [0.1, 0.15) is 37.6 Å². The molecule has 0 saturated carbocycles. The first-order chi connectivity index (χ1) is 9.65. The van der Waals surface area contributed by atoms with E-state index in [1.54, 1.807) is 18.5 Å². The Morgan fingerprint density at radius 3 is 2.90 bits per heavy atom. The number of anilines is 1. The molecular formula is C15H25N3O2. The van der Waals surface area contributed by atoms with Gasteiger partial charge in [0.25, 0.3) is 5.91 Å². The van der Waals surface area contributed by atoms with Crippen LogP contribution < -0.4 is 10.6 Å². The Balaban J connectivity index is 2.32. The van der Waals surface area contributed by atoms with Crippen molar-refractivity contribution in [1.82, 2.24) is 10.3 Å². The summed E-state index contributed by atoms with van der Waals surface area (Å²) < 4.78 is 5.47. The number of ether oxygens (including phenoxy) is 1. The van der Waals surface area contributed by atoms with Gasteiger partial charge in [-0.2, -0.15) is 0 Å². The highest BCUT2D eigenvalue weighted by molar-refractivity contribution is 5.99. The Hall–Kier alpha value is -1.62. The van der Waals surface area contributed by atoms with Gasteiger partial charge < -0.3 is 15.4 Å². The molecule has 1 aromatic rings. The molecule has 0 unspecified atom stereocenters. The van der Waals surface area contributed by atoms with Gasteiger partial charge in [-0.25, -0.2) is 0 Å². The molecule has 0 bridgehead atoms. The number of hydrogen-bond donors (Lipinski definition) is 2. The van der Waals surface area contributed by atoms with Crippen LogP contribution in [0.3, 0.4) is 0 Å². The maximum absolute atomic E-state index is 12.0. The van der Waals surface area contributed by atoms with Crippen LogP contribution in [0.5, 0.6) is 0 Å². The van der Waals surface area contributed by atoms with E-state index >= 15 is 0 Å². The summed E-state index contributed by atoms with van der Waals surface area (Å²) in [7, 11) is 0. The Morgan fingerprint density at radius 2 is 2.20 bits per heavy atom. The van der Waals surface area contributed by atoms with Crippen LogP contribution in [-0.4, -0.2) is 37.2 Å². The molecule has 1 rings (SSSR count). The fourth-order valence-corrected chi connectivity index (χ4v) is 1.68. The van der Waals surface area contributed by atoms with E-state index in [1.807, 2.05) is 6.92 Å². The second-order valence-corrected chi connectivity index (χ2v) is 5.00. The third-order valence-corrected chi connectivity index (χ3v) is 2.80. The Kier molecular flexibility index (Phi) is 7.65. The van der Waals surface area contributed by atoms with Gasteiger partial charge in [0.05, 0.1) is 24.1 Å². The molecule has 1 heterocycles. The molecule has 1 amide bonds. The topological polar surface area (TPSA) is 63.2 Å². The fraction of sp³-hybridized carbons (Fsp3) is 0.600. The summed E-state index contributed by atoms with van der Waals surface area (Å²) in [5.74, 6) is 0.542. The molecular weight excluding hydrogens is 254 g/mol. The smallest absolute Gasteiger partial charge is 0.253 e. The zero-order valence-electron chi connectivity index (χ0n) is 12.6. The molecule has 0 saturated heterocycles. The molecule has 0 radical (unpaired) electrons. The second kappa shape index (κ2) is 9.31. The van der Waals surface area contributed by atoms with Gasteiger partial charge in [-0.1, -0.05) is 13.8 Å². The number of nitrogens with zero attached hydrogens (tertiary/aromatic N) is 1. The van der Waals surface area contributed by atoms with Crippen LogP contribution in [0, 0.1) is 5.92 Å². The number of nitrogens with one attached hydrogen (secondary N) is 2. The van der Waals surface area contributed by atoms with Crippen LogP contribution >= 0.6 is 0 Å². The van der Waals surface area contributed by atoms with Crippen LogP contribution in [0.25, 0.3) is 0 Å². The summed E-state index contributed by atoms with van der Waals surface area (Å²) in [6.07, 6.45) is 4.33. The first-order valence-electron chi connectivity index (χ1n) is 7.19. The van der Waals surface area contributed by atoms with Crippen molar-refractivity contribution >= 4 is 11.6 Å². The first-order valence-corrected chi connectivity index (χ1v) is 7.19. The minimum atomic E-state index is -0.101. The Morgan fingerprint density at radius 1 is 1.40 bits per heavy atom. The normalized spacial score (nSPS) is 10.6. The quantitative estimate of drug-likeness (QED) is 0.681. The number of carbonyl (C=O) groups is 1. The van der Waals surface area contributed by atoms with Crippen LogP contribution in [-0.2, 0) is 4.74 Å². The van der Waals surface area contributed by atoms with Gasteiger partial charge in [0.2, 0.25) is 0 Å². The molecule has 0 aromatic carbocycles. The molecule has 0 aliphatic heterocycles. The van der Waals surface area contributed by atoms with E-state index in [2.05, 4.69) is 29.5 Å². The number of rotatable bonds is 9. The van der Waals surface area contributed by atoms with Gasteiger partial charge in [-0.3, -0.25) is 9.78 Å². The van der Waals surface area contributed by atoms with Crippen molar-refractivity contribution in [2.24, 2.45) is 5.92 Å². The van der Waals surface area contributed by atoms with E-state index < -0.39 is 0 Å². The largest absolute Gasteiger partial charge is 0.383 e. The van der Waals surface area contributed by atoms with E-state index in [0.717, 1.165) is 25.3 Å². The average Bonchev–Trinajstić information content (AvgIpc) is 2.43. The van der Waals surface area contributed by atoms with E-state index in [4.69, 9.17) is 4.74 Å². The first kappa shape index (κ1) is 16.4. The summed E-state index contributed by atoms with van der Waals surface area (Å²) in [6.45, 7) is 8.87. The van der Waals surface area contributed by atoms with Crippen molar-refractivity contribution in [2.75, 3.05) is 31.6 Å². The molecule has 0 aliphatic rings. The minimum absolute atomic E-state index is 0.101. The van der Waals surface area contributed by atoms with Crippen molar-refractivity contribution in [2.45, 2.75) is 27.2 Å². The number of carbonyl (C=O) groups excluding carboxylic acids is 1. The molecule has 2 N–H and O–H groups in total. The zero-order valence-corrected chi connectivity index (χ0v) is 12.6. The molecule has 20 heavy (non-hydrogen) atoms. The lowest BCUT2D eigenvalue weighted by Gasteiger charge is -2.11. The lowest BCUT2D eigenvalue weighted by atomic mass is 10.1. The lowest BCUT2D eigenvalue weighted by Crippen LogP contribution is -2.28. The van der Waals surface area contributed by atoms with Gasteiger partial charge in [-0.05, 0) is 25.3 Å². The van der Waals surface area contributed by atoms with E-state index in [9.17, 15) is 4.79 Å². The van der Waals surface area contributed by atoms with Gasteiger partial charge in [0.1, 0.15) is 0 Å². The third-order valence-electron chi connectivity index (χ3n) is 2.80. The zero-order chi connectivity index (χ0) is 14.8. The SMILES string of the molecule is CCNc1cnccc1C(=O)NCCOCCC(C)C. The highest BCUT2D eigenvalue weighted by Gasteiger charge is 2.09. The summed E-state index contributed by atoms with van der Waals surface area (Å²) in [5, 5.41) is 5.98. The molecule has 0 fully saturated rings. The molecule has 0 aliphatic carbocycles. The number of pyridine rings is 1. The predicted octanol–water partition coefficient (Wildman–Crippen LogP) is 2.31.